The first-order chi connectivity index (χ1) is 14.4. The average molecular weight is 414 g/mol. The van der Waals surface area contributed by atoms with Crippen LogP contribution in [0.2, 0.25) is 0 Å². The average Bonchev–Trinajstić information content (AvgIpc) is 3.62. The van der Waals surface area contributed by atoms with Crippen LogP contribution in [0, 0.1) is 5.92 Å². The summed E-state index contributed by atoms with van der Waals surface area (Å²) in [6, 6.07) is 12.1. The summed E-state index contributed by atoms with van der Waals surface area (Å²) in [7, 11) is 4.36. The number of hydrogen-bond acceptors (Lipinski definition) is 6. The Balaban J connectivity index is 1.68. The lowest BCUT2D eigenvalue weighted by atomic mass is 9.85. The minimum atomic E-state index is -1.26. The Morgan fingerprint density at radius 2 is 1.60 bits per heavy atom. The molecule has 0 saturated heterocycles. The number of nitrogens with one attached hydrogen (secondary N) is 2. The summed E-state index contributed by atoms with van der Waals surface area (Å²) >= 11 is 0. The molecule has 30 heavy (non-hydrogen) atoms. The molecular weight excluding hydrogens is 388 g/mol. The standard InChI is InChI=1S/C22H26N2O6/c1-28-17-11-14(12-18(29-2)20(17)30-3)21(26)24-23-19(25)13-22(27,16-9-10-16)15-7-5-4-6-8-15/h4-8,11-12,16,27H,9-10,13H2,1-3H3,(H,23,25)(H,24,26). The van der Waals surface area contributed by atoms with Crippen LogP contribution in [-0.4, -0.2) is 38.3 Å². The number of aliphatic hydroxyl groups is 1. The van der Waals surface area contributed by atoms with Gasteiger partial charge in [0.1, 0.15) is 5.60 Å². The lowest BCUT2D eigenvalue weighted by Crippen LogP contribution is -2.45. The molecule has 0 radical (unpaired) electrons. The van der Waals surface area contributed by atoms with Crippen molar-refractivity contribution >= 4 is 11.8 Å². The van der Waals surface area contributed by atoms with E-state index in [2.05, 4.69) is 10.9 Å². The summed E-state index contributed by atoms with van der Waals surface area (Å²) < 4.78 is 15.7. The lowest BCUT2D eigenvalue weighted by Gasteiger charge is -2.28. The maximum absolute atomic E-state index is 12.5. The molecule has 0 heterocycles. The highest BCUT2D eigenvalue weighted by Gasteiger charge is 2.46. The molecule has 3 N–H and O–H groups in total. The number of carbonyl (C=O) groups is 2. The summed E-state index contributed by atoms with van der Waals surface area (Å²) in [5.74, 6) is -0.0262. The Kier molecular flexibility index (Phi) is 6.47. The van der Waals surface area contributed by atoms with Crippen molar-refractivity contribution in [2.45, 2.75) is 24.9 Å². The molecule has 0 bridgehead atoms. The van der Waals surface area contributed by atoms with Gasteiger partial charge in [-0.1, -0.05) is 30.3 Å². The number of ether oxygens (including phenoxy) is 3. The third-order valence-corrected chi connectivity index (χ3v) is 5.20. The van der Waals surface area contributed by atoms with E-state index in [0.29, 0.717) is 22.8 Å². The van der Waals surface area contributed by atoms with Gasteiger partial charge in [-0.2, -0.15) is 0 Å². The number of hydrogen-bond donors (Lipinski definition) is 3. The van der Waals surface area contributed by atoms with Gasteiger partial charge in [0.25, 0.3) is 5.91 Å². The molecule has 1 aliphatic rings. The summed E-state index contributed by atoms with van der Waals surface area (Å²) in [6.07, 6.45) is 1.56. The summed E-state index contributed by atoms with van der Waals surface area (Å²) in [5, 5.41) is 11.1. The van der Waals surface area contributed by atoms with E-state index in [0.717, 1.165) is 12.8 Å². The van der Waals surface area contributed by atoms with Gasteiger partial charge in [-0.15, -0.1) is 0 Å². The smallest absolute Gasteiger partial charge is 0.269 e. The minimum absolute atomic E-state index is 0.0245. The van der Waals surface area contributed by atoms with Crippen LogP contribution >= 0.6 is 0 Å². The highest BCUT2D eigenvalue weighted by Crippen LogP contribution is 2.47. The molecule has 0 aliphatic heterocycles. The second-order valence-electron chi connectivity index (χ2n) is 7.16. The fraction of sp³-hybridized carbons (Fsp3) is 0.364. The van der Waals surface area contributed by atoms with E-state index in [1.54, 1.807) is 12.1 Å². The van der Waals surface area contributed by atoms with Gasteiger partial charge < -0.3 is 19.3 Å². The Labute approximate surface area is 175 Å². The highest BCUT2D eigenvalue weighted by molar-refractivity contribution is 5.96. The Bertz CT molecular complexity index is 888. The highest BCUT2D eigenvalue weighted by atomic mass is 16.5. The molecule has 2 amide bonds. The van der Waals surface area contributed by atoms with Crippen LogP contribution < -0.4 is 25.1 Å². The number of methoxy groups -OCH3 is 3. The zero-order chi connectivity index (χ0) is 21.7. The molecule has 2 aromatic carbocycles. The first kappa shape index (κ1) is 21.4. The van der Waals surface area contributed by atoms with Crippen LogP contribution in [0.15, 0.2) is 42.5 Å². The van der Waals surface area contributed by atoms with Gasteiger partial charge in [0.15, 0.2) is 11.5 Å². The summed E-state index contributed by atoms with van der Waals surface area (Å²) in [6.45, 7) is 0. The van der Waals surface area contributed by atoms with Gasteiger partial charge in [-0.05, 0) is 36.5 Å². The predicted molar refractivity (Wildman–Crippen MR) is 109 cm³/mol. The van der Waals surface area contributed by atoms with Crippen molar-refractivity contribution in [3.63, 3.8) is 0 Å². The number of hydrazine groups is 1. The van der Waals surface area contributed by atoms with Crippen LogP contribution in [0.25, 0.3) is 0 Å². The lowest BCUT2D eigenvalue weighted by molar-refractivity contribution is -0.128. The van der Waals surface area contributed by atoms with Crippen LogP contribution in [-0.2, 0) is 10.4 Å². The second kappa shape index (κ2) is 9.04. The number of amides is 2. The summed E-state index contributed by atoms with van der Waals surface area (Å²) in [4.78, 5) is 25.0. The Morgan fingerprint density at radius 3 is 2.10 bits per heavy atom. The normalized spacial score (nSPS) is 14.9. The predicted octanol–water partition coefficient (Wildman–Crippen LogP) is 2.16. The van der Waals surface area contributed by atoms with Crippen molar-refractivity contribution in [2.24, 2.45) is 5.92 Å². The molecular formula is C22H26N2O6. The molecule has 8 nitrogen and oxygen atoms in total. The topological polar surface area (TPSA) is 106 Å². The van der Waals surface area contributed by atoms with Crippen molar-refractivity contribution in [3.8, 4) is 17.2 Å². The molecule has 1 saturated carbocycles. The Hall–Kier alpha value is -3.26. The molecule has 1 aliphatic carbocycles. The fourth-order valence-electron chi connectivity index (χ4n) is 3.47. The molecule has 3 rings (SSSR count). The van der Waals surface area contributed by atoms with E-state index in [4.69, 9.17) is 14.2 Å². The van der Waals surface area contributed by atoms with Gasteiger partial charge >= 0.3 is 0 Å². The number of rotatable bonds is 8. The maximum Gasteiger partial charge on any atom is 0.269 e. The van der Waals surface area contributed by atoms with E-state index in [9.17, 15) is 14.7 Å². The van der Waals surface area contributed by atoms with E-state index >= 15 is 0 Å². The Morgan fingerprint density at radius 1 is 1.00 bits per heavy atom. The zero-order valence-electron chi connectivity index (χ0n) is 17.2. The molecule has 0 spiro atoms. The van der Waals surface area contributed by atoms with E-state index in [-0.39, 0.29) is 17.9 Å². The fourth-order valence-corrected chi connectivity index (χ4v) is 3.47. The van der Waals surface area contributed by atoms with Crippen LogP contribution in [0.5, 0.6) is 17.2 Å². The third-order valence-electron chi connectivity index (χ3n) is 5.20. The monoisotopic (exact) mass is 414 g/mol. The largest absolute Gasteiger partial charge is 0.493 e. The number of carbonyl (C=O) groups excluding carboxylic acids is 2. The van der Waals surface area contributed by atoms with Crippen LogP contribution in [0.4, 0.5) is 0 Å². The van der Waals surface area contributed by atoms with Crippen molar-refractivity contribution < 1.29 is 28.9 Å². The van der Waals surface area contributed by atoms with Crippen molar-refractivity contribution in [2.75, 3.05) is 21.3 Å². The SMILES string of the molecule is COc1cc(C(=O)NNC(=O)CC(O)(c2ccccc2)C2CC2)cc(OC)c1OC. The first-order valence-electron chi connectivity index (χ1n) is 9.60. The van der Waals surface area contributed by atoms with Gasteiger partial charge in [0, 0.05) is 5.56 Å². The maximum atomic E-state index is 12.5. The van der Waals surface area contributed by atoms with E-state index in [1.165, 1.54) is 33.5 Å². The van der Waals surface area contributed by atoms with Gasteiger partial charge in [-0.3, -0.25) is 20.4 Å². The molecule has 8 heteroatoms. The molecule has 160 valence electrons. The van der Waals surface area contributed by atoms with Crippen molar-refractivity contribution in [3.05, 3.63) is 53.6 Å². The van der Waals surface area contributed by atoms with Gasteiger partial charge in [0.05, 0.1) is 27.8 Å². The molecule has 0 aromatic heterocycles. The van der Waals surface area contributed by atoms with Crippen molar-refractivity contribution in [1.82, 2.24) is 10.9 Å². The van der Waals surface area contributed by atoms with Gasteiger partial charge in [0.2, 0.25) is 11.7 Å². The minimum Gasteiger partial charge on any atom is -0.493 e. The van der Waals surface area contributed by atoms with Gasteiger partial charge in [-0.25, -0.2) is 0 Å². The molecule has 2 aromatic rings. The van der Waals surface area contributed by atoms with E-state index in [1.807, 2.05) is 18.2 Å². The molecule has 1 fully saturated rings. The third kappa shape index (κ3) is 4.49. The molecule has 1 unspecified atom stereocenters. The quantitative estimate of drug-likeness (QED) is 0.572. The van der Waals surface area contributed by atoms with Crippen LogP contribution in [0.1, 0.15) is 35.2 Å². The van der Waals surface area contributed by atoms with E-state index < -0.39 is 17.4 Å². The first-order valence-corrected chi connectivity index (χ1v) is 9.60. The second-order valence-corrected chi connectivity index (χ2v) is 7.16. The molecule has 1 atom stereocenters. The van der Waals surface area contributed by atoms with Crippen molar-refractivity contribution in [1.29, 1.82) is 0 Å². The number of benzene rings is 2. The van der Waals surface area contributed by atoms with Crippen LogP contribution in [0.3, 0.4) is 0 Å². The summed E-state index contributed by atoms with van der Waals surface area (Å²) in [5.41, 5.74) is 4.40. The zero-order valence-corrected chi connectivity index (χ0v) is 17.2.